The molecule has 1 heterocycles. The van der Waals surface area contributed by atoms with Gasteiger partial charge < -0.3 is 9.84 Å². The number of hydrogen-bond acceptors (Lipinski definition) is 4. The molecule has 4 nitrogen and oxygen atoms in total. The maximum atomic E-state index is 9.22. The number of aryl methyl sites for hydroxylation is 3. The monoisotopic (exact) mass is 258 g/mol. The van der Waals surface area contributed by atoms with Crippen LogP contribution in [0.2, 0.25) is 0 Å². The summed E-state index contributed by atoms with van der Waals surface area (Å²) in [6.07, 6.45) is 0. The van der Waals surface area contributed by atoms with Crippen molar-refractivity contribution in [3.05, 3.63) is 40.8 Å². The normalized spacial score (nSPS) is 10.6. The van der Waals surface area contributed by atoms with Crippen LogP contribution in [-0.4, -0.2) is 22.2 Å². The van der Waals surface area contributed by atoms with Gasteiger partial charge >= 0.3 is 0 Å². The summed E-state index contributed by atoms with van der Waals surface area (Å²) < 4.78 is 5.45. The Morgan fingerprint density at radius 2 is 1.84 bits per heavy atom. The average Bonchev–Trinajstić information content (AvgIpc) is 2.36. The first-order valence-corrected chi connectivity index (χ1v) is 6.16. The average molecular weight is 258 g/mol. The molecule has 0 aliphatic carbocycles. The summed E-state index contributed by atoms with van der Waals surface area (Å²) in [4.78, 5) is 8.56. The van der Waals surface area contributed by atoms with E-state index in [2.05, 4.69) is 16.0 Å². The second-order valence-electron chi connectivity index (χ2n) is 4.63. The van der Waals surface area contributed by atoms with E-state index >= 15 is 0 Å². The number of rotatable bonds is 3. The predicted octanol–water partition coefficient (Wildman–Crippen LogP) is 2.57. The first kappa shape index (κ1) is 13.5. The molecule has 0 unspecified atom stereocenters. The summed E-state index contributed by atoms with van der Waals surface area (Å²) in [5, 5.41) is 9.22. The molecule has 0 aliphatic heterocycles. The Labute approximate surface area is 113 Å². The van der Waals surface area contributed by atoms with Crippen LogP contribution in [0.3, 0.4) is 0 Å². The zero-order chi connectivity index (χ0) is 14.0. The lowest BCUT2D eigenvalue weighted by molar-refractivity contribution is 0.271. The topological polar surface area (TPSA) is 55.2 Å². The molecule has 4 heteroatoms. The molecule has 2 rings (SSSR count). The van der Waals surface area contributed by atoms with Gasteiger partial charge in [0.25, 0.3) is 0 Å². The molecule has 0 aliphatic rings. The molecule has 0 amide bonds. The minimum Gasteiger partial charge on any atom is -0.496 e. The molecule has 2 aromatic rings. The molecule has 1 aromatic carbocycles. The van der Waals surface area contributed by atoms with Gasteiger partial charge in [0.05, 0.1) is 12.8 Å². The number of hydrogen-bond donors (Lipinski definition) is 1. The summed E-state index contributed by atoms with van der Waals surface area (Å²) in [6.45, 7) is 5.78. The molecule has 0 radical (unpaired) electrons. The Balaban J connectivity index is 2.67. The first-order chi connectivity index (χ1) is 9.05. The highest BCUT2D eigenvalue weighted by Gasteiger charge is 2.13. The Morgan fingerprint density at radius 1 is 1.11 bits per heavy atom. The fourth-order valence-electron chi connectivity index (χ4n) is 2.25. The van der Waals surface area contributed by atoms with Crippen molar-refractivity contribution in [3.63, 3.8) is 0 Å². The van der Waals surface area contributed by atoms with E-state index in [1.165, 1.54) is 0 Å². The van der Waals surface area contributed by atoms with Gasteiger partial charge in [-0.2, -0.15) is 0 Å². The lowest BCUT2D eigenvalue weighted by Gasteiger charge is -2.13. The lowest BCUT2D eigenvalue weighted by atomic mass is 10.0. The highest BCUT2D eigenvalue weighted by atomic mass is 16.5. The Morgan fingerprint density at radius 3 is 2.47 bits per heavy atom. The summed E-state index contributed by atoms with van der Waals surface area (Å²) in [7, 11) is 1.65. The fourth-order valence-corrected chi connectivity index (χ4v) is 2.25. The van der Waals surface area contributed by atoms with E-state index in [-0.39, 0.29) is 6.61 Å². The van der Waals surface area contributed by atoms with Gasteiger partial charge in [-0.05, 0) is 44.0 Å². The predicted molar refractivity (Wildman–Crippen MR) is 74.2 cm³/mol. The van der Waals surface area contributed by atoms with Gasteiger partial charge in [0.2, 0.25) is 0 Å². The minimum atomic E-state index is -0.165. The molecule has 0 bridgehead atoms. The Bertz CT molecular complexity index is 609. The highest BCUT2D eigenvalue weighted by Crippen LogP contribution is 2.33. The minimum absolute atomic E-state index is 0.165. The zero-order valence-electron chi connectivity index (χ0n) is 11.7. The summed E-state index contributed by atoms with van der Waals surface area (Å²) >= 11 is 0. The van der Waals surface area contributed by atoms with E-state index in [1.807, 2.05) is 32.9 Å². The first-order valence-electron chi connectivity index (χ1n) is 6.16. The molecule has 0 saturated carbocycles. The summed E-state index contributed by atoms with van der Waals surface area (Å²) in [5.41, 5.74) is 4.81. The Kier molecular flexibility index (Phi) is 3.81. The molecule has 0 saturated heterocycles. The van der Waals surface area contributed by atoms with Gasteiger partial charge in [0.15, 0.2) is 5.82 Å². The van der Waals surface area contributed by atoms with Gasteiger partial charge in [0.1, 0.15) is 12.4 Å². The van der Waals surface area contributed by atoms with Crippen molar-refractivity contribution in [1.82, 2.24) is 9.97 Å². The van der Waals surface area contributed by atoms with Crippen LogP contribution < -0.4 is 4.74 Å². The van der Waals surface area contributed by atoms with Crippen LogP contribution in [0, 0.1) is 20.8 Å². The molecule has 19 heavy (non-hydrogen) atoms. The molecule has 1 aromatic heterocycles. The van der Waals surface area contributed by atoms with Crippen molar-refractivity contribution in [1.29, 1.82) is 0 Å². The van der Waals surface area contributed by atoms with Crippen molar-refractivity contribution in [3.8, 4) is 17.0 Å². The van der Waals surface area contributed by atoms with Crippen LogP contribution in [0.4, 0.5) is 0 Å². The van der Waals surface area contributed by atoms with E-state index in [4.69, 9.17) is 4.74 Å². The number of methoxy groups -OCH3 is 1. The summed E-state index contributed by atoms with van der Waals surface area (Å²) in [5.74, 6) is 1.22. The molecule has 0 atom stereocenters. The third kappa shape index (κ3) is 2.74. The van der Waals surface area contributed by atoms with Crippen LogP contribution in [0.25, 0.3) is 11.3 Å². The largest absolute Gasteiger partial charge is 0.496 e. The second-order valence-corrected chi connectivity index (χ2v) is 4.63. The second kappa shape index (κ2) is 5.36. The lowest BCUT2D eigenvalue weighted by Crippen LogP contribution is -2.01. The number of benzene rings is 1. The highest BCUT2D eigenvalue weighted by molar-refractivity contribution is 5.71. The zero-order valence-corrected chi connectivity index (χ0v) is 11.7. The van der Waals surface area contributed by atoms with E-state index in [0.717, 1.165) is 33.8 Å². The van der Waals surface area contributed by atoms with E-state index in [0.29, 0.717) is 5.82 Å². The third-order valence-electron chi connectivity index (χ3n) is 2.96. The SMILES string of the molecule is COc1cc(C)cc(C)c1-c1cc(C)nc(CO)n1. The van der Waals surface area contributed by atoms with Crippen LogP contribution in [0.15, 0.2) is 18.2 Å². The maximum Gasteiger partial charge on any atom is 0.154 e. The van der Waals surface area contributed by atoms with Crippen LogP contribution >= 0.6 is 0 Å². The van der Waals surface area contributed by atoms with Crippen LogP contribution in [0.5, 0.6) is 5.75 Å². The molecular formula is C15H18N2O2. The van der Waals surface area contributed by atoms with Crippen LogP contribution in [0.1, 0.15) is 22.6 Å². The standard InChI is InChI=1S/C15H18N2O2/c1-9-5-10(2)15(13(6-9)19-4)12-7-11(3)16-14(8-18)17-12/h5-7,18H,8H2,1-4H3. The van der Waals surface area contributed by atoms with Gasteiger partial charge in [0, 0.05) is 11.3 Å². The van der Waals surface area contributed by atoms with E-state index in [9.17, 15) is 5.11 Å². The molecule has 100 valence electrons. The number of aliphatic hydroxyl groups is 1. The Hall–Kier alpha value is -1.94. The summed E-state index contributed by atoms with van der Waals surface area (Å²) in [6, 6.07) is 5.98. The smallest absolute Gasteiger partial charge is 0.154 e. The van der Waals surface area contributed by atoms with Gasteiger partial charge in [-0.25, -0.2) is 9.97 Å². The molecular weight excluding hydrogens is 240 g/mol. The van der Waals surface area contributed by atoms with Crippen LogP contribution in [-0.2, 0) is 6.61 Å². The van der Waals surface area contributed by atoms with Crippen molar-refractivity contribution in [2.75, 3.05) is 7.11 Å². The number of ether oxygens (including phenoxy) is 1. The molecule has 0 spiro atoms. The van der Waals surface area contributed by atoms with Gasteiger partial charge in [-0.3, -0.25) is 0 Å². The van der Waals surface area contributed by atoms with Crippen molar-refractivity contribution in [2.24, 2.45) is 0 Å². The van der Waals surface area contributed by atoms with Crippen molar-refractivity contribution >= 4 is 0 Å². The molecule has 1 N–H and O–H groups in total. The third-order valence-corrected chi connectivity index (χ3v) is 2.96. The number of aliphatic hydroxyl groups excluding tert-OH is 1. The number of aromatic nitrogens is 2. The molecule has 0 fully saturated rings. The number of nitrogens with zero attached hydrogens (tertiary/aromatic N) is 2. The fraction of sp³-hybridized carbons (Fsp3) is 0.333. The maximum absolute atomic E-state index is 9.22. The van der Waals surface area contributed by atoms with E-state index < -0.39 is 0 Å². The van der Waals surface area contributed by atoms with Crippen molar-refractivity contribution < 1.29 is 9.84 Å². The van der Waals surface area contributed by atoms with E-state index in [1.54, 1.807) is 7.11 Å². The quantitative estimate of drug-likeness (QED) is 0.919. The van der Waals surface area contributed by atoms with Crippen molar-refractivity contribution in [2.45, 2.75) is 27.4 Å². The van der Waals surface area contributed by atoms with Gasteiger partial charge in [-0.1, -0.05) is 6.07 Å². The van der Waals surface area contributed by atoms with Gasteiger partial charge in [-0.15, -0.1) is 0 Å².